The quantitative estimate of drug-likeness (QED) is 0.341. The highest BCUT2D eigenvalue weighted by Crippen LogP contribution is 2.38. The summed E-state index contributed by atoms with van der Waals surface area (Å²) < 4.78 is 0. The number of rotatable bonds is 6. The van der Waals surface area contributed by atoms with Gasteiger partial charge in [0.1, 0.15) is 0 Å². The van der Waals surface area contributed by atoms with Crippen LogP contribution in [0.4, 0.5) is 17.1 Å². The van der Waals surface area contributed by atoms with Crippen LogP contribution in [0.3, 0.4) is 0 Å². The van der Waals surface area contributed by atoms with E-state index in [9.17, 15) is 14.9 Å². The summed E-state index contributed by atoms with van der Waals surface area (Å²) in [4.78, 5) is 29.4. The molecule has 0 unspecified atom stereocenters. The number of aromatic nitrogens is 1. The number of pyridine rings is 1. The predicted molar refractivity (Wildman–Crippen MR) is 140 cm³/mol. The third-order valence-corrected chi connectivity index (χ3v) is 5.76. The lowest BCUT2D eigenvalue weighted by Gasteiger charge is -2.15. The van der Waals surface area contributed by atoms with E-state index < -0.39 is 0 Å². The first-order valence-corrected chi connectivity index (χ1v) is 11.3. The molecule has 0 bridgehead atoms. The van der Waals surface area contributed by atoms with Gasteiger partial charge in [-0.3, -0.25) is 14.6 Å². The molecule has 0 atom stereocenters. The molecule has 3 aromatic carbocycles. The Labute approximate surface area is 208 Å². The first kappa shape index (κ1) is 22.6. The van der Waals surface area contributed by atoms with Crippen LogP contribution in [0.15, 0.2) is 97.3 Å². The molecule has 0 saturated carbocycles. The maximum atomic E-state index is 13.0. The minimum Gasteiger partial charge on any atom is -0.354 e. The second kappa shape index (κ2) is 9.95. The number of nitrogens with zero attached hydrogens (tertiary/aromatic N) is 2. The summed E-state index contributed by atoms with van der Waals surface area (Å²) in [5.74, 6) is -0.364. The smallest absolute Gasteiger partial charge is 0.258 e. The number of nitrogens with one attached hydrogen (secondary N) is 3. The molecule has 4 aromatic rings. The van der Waals surface area contributed by atoms with Gasteiger partial charge in [-0.25, -0.2) is 0 Å². The molecule has 1 aliphatic heterocycles. The van der Waals surface area contributed by atoms with Gasteiger partial charge >= 0.3 is 0 Å². The fraction of sp³-hybridized carbons (Fsp3) is 0.0345. The molecule has 2 amide bonds. The lowest BCUT2D eigenvalue weighted by atomic mass is 9.99. The Balaban J connectivity index is 1.42. The average Bonchev–Trinajstić information content (AvgIpc) is 3.23. The van der Waals surface area contributed by atoms with Gasteiger partial charge in [-0.2, -0.15) is 5.26 Å². The first-order valence-electron chi connectivity index (χ1n) is 11.3. The van der Waals surface area contributed by atoms with Gasteiger partial charge < -0.3 is 16.0 Å². The molecule has 1 aliphatic rings. The molecule has 7 nitrogen and oxygen atoms in total. The average molecular weight is 472 g/mol. The van der Waals surface area contributed by atoms with Gasteiger partial charge in [0.2, 0.25) is 5.91 Å². The highest BCUT2D eigenvalue weighted by atomic mass is 16.2. The summed E-state index contributed by atoms with van der Waals surface area (Å²) in [5, 5.41) is 18.4. The van der Waals surface area contributed by atoms with Crippen LogP contribution in [0.1, 0.15) is 22.3 Å². The van der Waals surface area contributed by atoms with E-state index in [1.165, 1.54) is 0 Å². The van der Waals surface area contributed by atoms with Crippen molar-refractivity contribution in [3.63, 3.8) is 0 Å². The first-order chi connectivity index (χ1) is 17.6. The standard InChI is InChI=1S/C29H21N5O2/c30-18-20-6-11-24-25(16-20)34-29(36)27(24)28(21-4-2-1-3-5-21)33-23-9-7-22(8-10-23)32-26(35)17-19-12-14-31-15-13-19/h1-16,33H,17H2,(H,32,35)(H,34,36). The Hall–Kier alpha value is -5.22. The van der Waals surface area contributed by atoms with E-state index in [-0.39, 0.29) is 18.2 Å². The number of carbonyl (C=O) groups is 2. The fourth-order valence-corrected chi connectivity index (χ4v) is 4.05. The Morgan fingerprint density at radius 2 is 1.58 bits per heavy atom. The summed E-state index contributed by atoms with van der Waals surface area (Å²) in [5.41, 5.74) is 6.10. The van der Waals surface area contributed by atoms with Crippen molar-refractivity contribution in [2.45, 2.75) is 6.42 Å². The number of hydrogen-bond donors (Lipinski definition) is 3. The van der Waals surface area contributed by atoms with Crippen molar-refractivity contribution in [1.82, 2.24) is 4.98 Å². The molecule has 1 aromatic heterocycles. The van der Waals surface area contributed by atoms with Gasteiger partial charge in [0.25, 0.3) is 5.91 Å². The second-order valence-electron chi connectivity index (χ2n) is 8.23. The van der Waals surface area contributed by atoms with Crippen molar-refractivity contribution in [1.29, 1.82) is 5.26 Å². The lowest BCUT2D eigenvalue weighted by Crippen LogP contribution is -2.14. The summed E-state index contributed by atoms with van der Waals surface area (Å²) in [7, 11) is 0. The molecule has 5 rings (SSSR count). The molecule has 36 heavy (non-hydrogen) atoms. The fourth-order valence-electron chi connectivity index (χ4n) is 4.05. The van der Waals surface area contributed by atoms with Crippen molar-refractivity contribution in [2.24, 2.45) is 0 Å². The van der Waals surface area contributed by atoms with E-state index in [2.05, 4.69) is 27.0 Å². The molecule has 2 heterocycles. The van der Waals surface area contributed by atoms with Crippen molar-refractivity contribution in [3.8, 4) is 6.07 Å². The van der Waals surface area contributed by atoms with Crippen molar-refractivity contribution in [3.05, 3.63) is 120 Å². The zero-order valence-electron chi connectivity index (χ0n) is 19.2. The molecule has 0 aliphatic carbocycles. The van der Waals surface area contributed by atoms with Crippen LogP contribution in [0.2, 0.25) is 0 Å². The number of benzene rings is 3. The number of anilines is 3. The molecular weight excluding hydrogens is 450 g/mol. The van der Waals surface area contributed by atoms with E-state index in [0.717, 1.165) is 22.4 Å². The molecule has 0 spiro atoms. The van der Waals surface area contributed by atoms with Gasteiger partial charge in [0.15, 0.2) is 0 Å². The second-order valence-corrected chi connectivity index (χ2v) is 8.23. The van der Waals surface area contributed by atoms with Crippen LogP contribution in [-0.4, -0.2) is 16.8 Å². The number of hydrogen-bond acceptors (Lipinski definition) is 5. The Bertz CT molecular complexity index is 1510. The summed E-state index contributed by atoms with van der Waals surface area (Å²) in [6.45, 7) is 0. The molecule has 0 saturated heterocycles. The number of nitriles is 1. The normalized spacial score (nSPS) is 13.2. The van der Waals surface area contributed by atoms with Crippen molar-refractivity contribution < 1.29 is 9.59 Å². The summed E-state index contributed by atoms with van der Waals surface area (Å²) >= 11 is 0. The van der Waals surface area contributed by atoms with Crippen LogP contribution in [0, 0.1) is 11.3 Å². The van der Waals surface area contributed by atoms with Gasteiger partial charge in [0, 0.05) is 29.3 Å². The van der Waals surface area contributed by atoms with Gasteiger partial charge in [-0.05, 0) is 59.7 Å². The Morgan fingerprint density at radius 1 is 0.889 bits per heavy atom. The van der Waals surface area contributed by atoms with Crippen LogP contribution in [-0.2, 0) is 16.0 Å². The summed E-state index contributed by atoms with van der Waals surface area (Å²) in [6, 6.07) is 27.8. The van der Waals surface area contributed by atoms with E-state index in [1.807, 2.05) is 66.7 Å². The number of carbonyl (C=O) groups excluding carboxylic acids is 2. The van der Waals surface area contributed by atoms with E-state index >= 15 is 0 Å². The molecule has 7 heteroatoms. The predicted octanol–water partition coefficient (Wildman–Crippen LogP) is 5.07. The van der Waals surface area contributed by atoms with E-state index in [4.69, 9.17) is 0 Å². The maximum Gasteiger partial charge on any atom is 0.258 e. The minimum atomic E-state index is -0.244. The van der Waals surface area contributed by atoms with Gasteiger partial charge in [-0.15, -0.1) is 0 Å². The van der Waals surface area contributed by atoms with E-state index in [0.29, 0.717) is 28.2 Å². The Morgan fingerprint density at radius 3 is 2.28 bits per heavy atom. The Kier molecular flexibility index (Phi) is 6.24. The van der Waals surface area contributed by atoms with Crippen LogP contribution < -0.4 is 16.0 Å². The molecule has 174 valence electrons. The van der Waals surface area contributed by atoms with Crippen molar-refractivity contribution >= 4 is 40.1 Å². The van der Waals surface area contributed by atoms with E-state index in [1.54, 1.807) is 30.6 Å². The highest BCUT2D eigenvalue weighted by Gasteiger charge is 2.28. The number of fused-ring (bicyclic) bond motifs is 1. The molecule has 3 N–H and O–H groups in total. The monoisotopic (exact) mass is 471 g/mol. The number of amides is 2. The largest absolute Gasteiger partial charge is 0.354 e. The van der Waals surface area contributed by atoms with Crippen LogP contribution in [0.25, 0.3) is 11.3 Å². The topological polar surface area (TPSA) is 107 Å². The third-order valence-electron chi connectivity index (χ3n) is 5.76. The third kappa shape index (κ3) is 4.83. The van der Waals surface area contributed by atoms with Crippen molar-refractivity contribution in [2.75, 3.05) is 16.0 Å². The lowest BCUT2D eigenvalue weighted by molar-refractivity contribution is -0.115. The van der Waals surface area contributed by atoms with Crippen LogP contribution >= 0.6 is 0 Å². The zero-order chi connectivity index (χ0) is 24.9. The molecule has 0 radical (unpaired) electrons. The molecular formula is C29H21N5O2. The molecule has 0 fully saturated rings. The van der Waals surface area contributed by atoms with Gasteiger partial charge in [-0.1, -0.05) is 36.4 Å². The highest BCUT2D eigenvalue weighted by molar-refractivity contribution is 6.37. The maximum absolute atomic E-state index is 13.0. The van der Waals surface area contributed by atoms with Gasteiger partial charge in [0.05, 0.1) is 35.0 Å². The zero-order valence-corrected chi connectivity index (χ0v) is 19.2. The summed E-state index contributed by atoms with van der Waals surface area (Å²) in [6.07, 6.45) is 3.58. The minimum absolute atomic E-state index is 0.120. The SMILES string of the molecule is N#Cc1ccc2c(c1)NC(=O)C2=C(Nc1ccc(NC(=O)Cc2ccncc2)cc1)c1ccccc1. The van der Waals surface area contributed by atoms with Crippen LogP contribution in [0.5, 0.6) is 0 Å².